The van der Waals surface area contributed by atoms with Crippen LogP contribution in [-0.4, -0.2) is 51.9 Å². The zero-order valence-electron chi connectivity index (χ0n) is 19.1. The van der Waals surface area contributed by atoms with E-state index >= 15 is 0 Å². The molecule has 2 atom stereocenters. The second kappa shape index (κ2) is 12.9. The molecule has 0 fully saturated rings. The van der Waals surface area contributed by atoms with Crippen LogP contribution in [0, 0.1) is 12.5 Å². The maximum atomic E-state index is 13.2. The number of thiol groups is 1. The zero-order valence-corrected chi connectivity index (χ0v) is 19.9. The van der Waals surface area contributed by atoms with Gasteiger partial charge in [-0.25, -0.2) is 4.79 Å². The number of hydrogen-bond acceptors (Lipinski definition) is 6. The van der Waals surface area contributed by atoms with Gasteiger partial charge in [-0.2, -0.15) is 12.6 Å². The third kappa shape index (κ3) is 8.35. The van der Waals surface area contributed by atoms with Crippen LogP contribution in [0.1, 0.15) is 58.6 Å². The monoisotopic (exact) mass is 463 g/mol. The number of amides is 3. The summed E-state index contributed by atoms with van der Waals surface area (Å²) in [6.07, 6.45) is 7.49. The van der Waals surface area contributed by atoms with Crippen molar-refractivity contribution in [3.63, 3.8) is 0 Å². The highest BCUT2D eigenvalue weighted by atomic mass is 32.1. The first-order valence-corrected chi connectivity index (χ1v) is 11.1. The third-order valence-electron chi connectivity index (χ3n) is 4.37. The van der Waals surface area contributed by atoms with Gasteiger partial charge in [-0.1, -0.05) is 44.4 Å². The SMILES string of the molecule is C#CN(C(=O)C(CS)NC(=O)OC(C)(C)C)C(C(=O)NCCCCC)c1ccccc1O. The topological polar surface area (TPSA) is 108 Å². The summed E-state index contributed by atoms with van der Waals surface area (Å²) in [7, 11) is 0. The van der Waals surface area contributed by atoms with Crippen molar-refractivity contribution in [3.8, 4) is 18.2 Å². The van der Waals surface area contributed by atoms with Crippen LogP contribution < -0.4 is 10.6 Å². The summed E-state index contributed by atoms with van der Waals surface area (Å²) in [5.74, 6) is -1.53. The number of unbranched alkanes of at least 4 members (excludes halogenated alkanes) is 2. The maximum absolute atomic E-state index is 13.2. The van der Waals surface area contributed by atoms with Crippen LogP contribution in [0.25, 0.3) is 0 Å². The summed E-state index contributed by atoms with van der Waals surface area (Å²) in [4.78, 5) is 39.3. The van der Waals surface area contributed by atoms with E-state index < -0.39 is 35.6 Å². The second-order valence-electron chi connectivity index (χ2n) is 8.18. The Balaban J connectivity index is 3.19. The molecule has 1 rings (SSSR count). The van der Waals surface area contributed by atoms with Gasteiger partial charge in [-0.05, 0) is 33.3 Å². The number of carbonyl (C=O) groups excluding carboxylic acids is 3. The Bertz CT molecular complexity index is 832. The van der Waals surface area contributed by atoms with E-state index in [4.69, 9.17) is 11.2 Å². The van der Waals surface area contributed by atoms with E-state index in [1.165, 1.54) is 12.1 Å². The molecule has 0 aliphatic rings. The molecule has 0 aliphatic heterocycles. The first kappa shape index (κ1) is 27.2. The number of aromatic hydroxyl groups is 1. The van der Waals surface area contributed by atoms with Gasteiger partial charge in [-0.15, -0.1) is 0 Å². The average Bonchev–Trinajstić information content (AvgIpc) is 2.72. The van der Waals surface area contributed by atoms with Gasteiger partial charge in [0.25, 0.3) is 5.91 Å². The first-order chi connectivity index (χ1) is 15.1. The van der Waals surface area contributed by atoms with Gasteiger partial charge in [0, 0.05) is 23.9 Å². The number of ether oxygens (including phenoxy) is 1. The van der Waals surface area contributed by atoms with Crippen LogP contribution >= 0.6 is 12.6 Å². The fourth-order valence-corrected chi connectivity index (χ4v) is 3.12. The number of para-hydroxylation sites is 1. The molecule has 0 saturated carbocycles. The molecule has 0 saturated heterocycles. The number of terminal acetylenes is 1. The fourth-order valence-electron chi connectivity index (χ4n) is 2.87. The summed E-state index contributed by atoms with van der Waals surface area (Å²) >= 11 is 4.15. The number of nitrogens with one attached hydrogen (secondary N) is 2. The quantitative estimate of drug-likeness (QED) is 0.185. The molecule has 1 aromatic carbocycles. The highest BCUT2D eigenvalue weighted by molar-refractivity contribution is 7.80. The van der Waals surface area contributed by atoms with Crippen molar-refractivity contribution < 1.29 is 24.2 Å². The molecule has 2 unspecified atom stereocenters. The van der Waals surface area contributed by atoms with E-state index in [-0.39, 0.29) is 17.1 Å². The zero-order chi connectivity index (χ0) is 24.3. The predicted octanol–water partition coefficient (Wildman–Crippen LogP) is 2.98. The van der Waals surface area contributed by atoms with Gasteiger partial charge in [0.2, 0.25) is 5.91 Å². The van der Waals surface area contributed by atoms with Crippen LogP contribution in [0.4, 0.5) is 4.79 Å². The number of nitrogens with zero attached hydrogens (tertiary/aromatic N) is 1. The average molecular weight is 464 g/mol. The van der Waals surface area contributed by atoms with Crippen LogP contribution in [0.5, 0.6) is 5.75 Å². The normalized spacial score (nSPS) is 12.8. The van der Waals surface area contributed by atoms with E-state index in [0.29, 0.717) is 6.54 Å². The second-order valence-corrected chi connectivity index (χ2v) is 8.54. The fraction of sp³-hybridized carbons (Fsp3) is 0.522. The molecule has 0 spiro atoms. The number of phenols is 1. The van der Waals surface area contributed by atoms with Crippen molar-refractivity contribution in [2.24, 2.45) is 0 Å². The molecule has 0 heterocycles. The Morgan fingerprint density at radius 3 is 2.44 bits per heavy atom. The van der Waals surface area contributed by atoms with E-state index in [0.717, 1.165) is 24.2 Å². The Kier molecular flexibility index (Phi) is 10.9. The molecule has 3 amide bonds. The van der Waals surface area contributed by atoms with Gasteiger partial charge >= 0.3 is 6.09 Å². The minimum Gasteiger partial charge on any atom is -0.508 e. The lowest BCUT2D eigenvalue weighted by molar-refractivity contribution is -0.138. The minimum absolute atomic E-state index is 0.0815. The molecule has 32 heavy (non-hydrogen) atoms. The Morgan fingerprint density at radius 1 is 1.25 bits per heavy atom. The maximum Gasteiger partial charge on any atom is 0.408 e. The molecule has 8 nitrogen and oxygen atoms in total. The molecule has 3 N–H and O–H groups in total. The highest BCUT2D eigenvalue weighted by Crippen LogP contribution is 2.29. The van der Waals surface area contributed by atoms with Crippen LogP contribution in [-0.2, 0) is 14.3 Å². The van der Waals surface area contributed by atoms with Crippen molar-refractivity contribution in [1.82, 2.24) is 15.5 Å². The van der Waals surface area contributed by atoms with Crippen LogP contribution in [0.3, 0.4) is 0 Å². The molecule has 0 aromatic heterocycles. The lowest BCUT2D eigenvalue weighted by Gasteiger charge is -2.30. The van der Waals surface area contributed by atoms with Crippen molar-refractivity contribution in [2.45, 2.75) is 64.6 Å². The van der Waals surface area contributed by atoms with Gasteiger partial charge in [0.1, 0.15) is 17.4 Å². The molecular weight excluding hydrogens is 430 g/mol. The minimum atomic E-state index is -1.29. The lowest BCUT2D eigenvalue weighted by atomic mass is 10.0. The number of hydrogen-bond donors (Lipinski definition) is 4. The molecule has 1 aromatic rings. The lowest BCUT2D eigenvalue weighted by Crippen LogP contribution is -2.52. The van der Waals surface area contributed by atoms with Crippen molar-refractivity contribution in [2.75, 3.05) is 12.3 Å². The Morgan fingerprint density at radius 2 is 1.91 bits per heavy atom. The summed E-state index contributed by atoms with van der Waals surface area (Å²) in [5.41, 5.74) is -0.599. The van der Waals surface area contributed by atoms with Crippen LogP contribution in [0.2, 0.25) is 0 Å². The van der Waals surface area contributed by atoms with E-state index in [2.05, 4.69) is 29.3 Å². The standard InChI is InChI=1S/C23H33N3O5S/c1-6-8-11-14-24-20(28)19(16-12-9-10-13-18(16)27)26(7-2)21(29)17(15-32)25-22(30)31-23(3,4)5/h2,9-10,12-13,17,19,27,32H,6,8,11,14-15H2,1,3-5H3,(H,24,28)(H,25,30). The molecule has 0 radical (unpaired) electrons. The molecule has 0 bridgehead atoms. The summed E-state index contributed by atoms with van der Waals surface area (Å²) in [6, 6.07) is 5.93. The van der Waals surface area contributed by atoms with Gasteiger partial charge < -0.3 is 20.5 Å². The Labute approximate surface area is 195 Å². The number of alkyl carbamates (subject to hydrolysis) is 1. The van der Waals surface area contributed by atoms with Crippen molar-refractivity contribution >= 4 is 30.5 Å². The summed E-state index contributed by atoms with van der Waals surface area (Å²) in [5, 5.41) is 15.6. The molecule has 176 valence electrons. The van der Waals surface area contributed by atoms with E-state index in [1.807, 2.05) is 6.92 Å². The van der Waals surface area contributed by atoms with E-state index in [9.17, 15) is 19.5 Å². The van der Waals surface area contributed by atoms with Gasteiger partial charge in [0.15, 0.2) is 6.04 Å². The number of rotatable bonds is 10. The van der Waals surface area contributed by atoms with Crippen molar-refractivity contribution in [3.05, 3.63) is 29.8 Å². The first-order valence-electron chi connectivity index (χ1n) is 10.5. The predicted molar refractivity (Wildman–Crippen MR) is 126 cm³/mol. The largest absolute Gasteiger partial charge is 0.508 e. The number of benzene rings is 1. The van der Waals surface area contributed by atoms with Gasteiger partial charge in [0.05, 0.1) is 0 Å². The van der Waals surface area contributed by atoms with Gasteiger partial charge in [-0.3, -0.25) is 14.5 Å². The summed E-state index contributed by atoms with van der Waals surface area (Å²) in [6.45, 7) is 7.51. The Hall–Kier alpha value is -2.86. The van der Waals surface area contributed by atoms with Crippen molar-refractivity contribution in [1.29, 1.82) is 0 Å². The molecule has 9 heteroatoms. The smallest absolute Gasteiger partial charge is 0.408 e. The number of carbonyl (C=O) groups is 3. The molecule has 0 aliphatic carbocycles. The highest BCUT2D eigenvalue weighted by Gasteiger charge is 2.36. The molecular formula is C23H33N3O5S. The van der Waals surface area contributed by atoms with Crippen LogP contribution in [0.15, 0.2) is 24.3 Å². The third-order valence-corrected chi connectivity index (χ3v) is 4.73. The van der Waals surface area contributed by atoms with E-state index in [1.54, 1.807) is 32.9 Å². The number of phenolic OH excluding ortho intramolecular Hbond substituents is 1. The summed E-state index contributed by atoms with van der Waals surface area (Å²) < 4.78 is 5.20.